The van der Waals surface area contributed by atoms with E-state index in [0.717, 1.165) is 25.2 Å². The number of piperidine rings is 1. The average Bonchev–Trinajstić information content (AvgIpc) is 2.47. The van der Waals surface area contributed by atoms with Crippen molar-refractivity contribution in [1.29, 1.82) is 0 Å². The zero-order valence-corrected chi connectivity index (χ0v) is 13.0. The number of hydrogen-bond donors (Lipinski definition) is 2. The maximum atomic E-state index is 13.8. The second-order valence-corrected chi connectivity index (χ2v) is 5.73. The number of likely N-dealkylation sites (tertiary alicyclic amines) is 1. The van der Waals surface area contributed by atoms with Crippen molar-refractivity contribution in [1.82, 2.24) is 4.90 Å². The summed E-state index contributed by atoms with van der Waals surface area (Å²) in [6.45, 7) is 4.45. The van der Waals surface area contributed by atoms with E-state index in [-0.39, 0.29) is 5.75 Å². The summed E-state index contributed by atoms with van der Waals surface area (Å²) in [4.78, 5) is 2.37. The Labute approximate surface area is 126 Å². The number of nitrogens with two attached hydrogens (primary N) is 1. The Balaban J connectivity index is 2.01. The summed E-state index contributed by atoms with van der Waals surface area (Å²) in [5.74, 6) is -0.133. The summed E-state index contributed by atoms with van der Waals surface area (Å²) in [6, 6.07) is 3.50. The minimum Gasteiger partial charge on any atom is -0.490 e. The Morgan fingerprint density at radius 2 is 2.24 bits per heavy atom. The second kappa shape index (κ2) is 7.50. The van der Waals surface area contributed by atoms with E-state index >= 15 is 0 Å². The van der Waals surface area contributed by atoms with Gasteiger partial charge in [-0.3, -0.25) is 0 Å². The molecule has 1 aliphatic rings. The van der Waals surface area contributed by atoms with Gasteiger partial charge in [0.1, 0.15) is 0 Å². The predicted octanol–water partition coefficient (Wildman–Crippen LogP) is 3.09. The number of nitrogen functional groups attached to an aromatic ring is 1. The predicted molar refractivity (Wildman–Crippen MR) is 85.4 cm³/mol. The molecule has 1 fully saturated rings. The van der Waals surface area contributed by atoms with Gasteiger partial charge < -0.3 is 20.7 Å². The molecule has 21 heavy (non-hydrogen) atoms. The van der Waals surface area contributed by atoms with Crippen LogP contribution in [0.2, 0.25) is 0 Å². The van der Waals surface area contributed by atoms with Gasteiger partial charge in [0, 0.05) is 24.7 Å². The van der Waals surface area contributed by atoms with Crippen molar-refractivity contribution in [3.05, 3.63) is 17.9 Å². The van der Waals surface area contributed by atoms with Crippen LogP contribution in [0.4, 0.5) is 15.8 Å². The molecule has 0 radical (unpaired) electrons. The monoisotopic (exact) mass is 295 g/mol. The first-order valence-electron chi connectivity index (χ1n) is 7.77. The van der Waals surface area contributed by atoms with E-state index in [4.69, 9.17) is 10.5 Å². The molecule has 1 aromatic carbocycles. The van der Waals surface area contributed by atoms with E-state index in [9.17, 15) is 4.39 Å². The van der Waals surface area contributed by atoms with Crippen LogP contribution in [0, 0.1) is 5.82 Å². The van der Waals surface area contributed by atoms with Gasteiger partial charge in [0.05, 0.1) is 18.0 Å². The van der Waals surface area contributed by atoms with Crippen LogP contribution in [-0.4, -0.2) is 37.7 Å². The summed E-state index contributed by atoms with van der Waals surface area (Å²) in [6.07, 6.45) is 4.56. The van der Waals surface area contributed by atoms with Gasteiger partial charge in [0.2, 0.25) is 0 Å². The number of rotatable bonds is 6. The third kappa shape index (κ3) is 4.24. The highest BCUT2D eigenvalue weighted by molar-refractivity contribution is 5.68. The molecule has 1 unspecified atom stereocenters. The third-order valence-corrected chi connectivity index (χ3v) is 4.02. The van der Waals surface area contributed by atoms with Crippen molar-refractivity contribution in [3.63, 3.8) is 0 Å². The lowest BCUT2D eigenvalue weighted by atomic mass is 10.0. The van der Waals surface area contributed by atoms with E-state index in [2.05, 4.69) is 17.3 Å². The van der Waals surface area contributed by atoms with Gasteiger partial charge in [-0.1, -0.05) is 13.3 Å². The van der Waals surface area contributed by atoms with Crippen LogP contribution >= 0.6 is 0 Å². The zero-order chi connectivity index (χ0) is 15.2. The summed E-state index contributed by atoms with van der Waals surface area (Å²) in [5, 5.41) is 3.34. The van der Waals surface area contributed by atoms with Gasteiger partial charge in [0.25, 0.3) is 0 Å². The molecule has 1 saturated heterocycles. The largest absolute Gasteiger partial charge is 0.490 e. The number of nitrogens with zero attached hydrogens (tertiary/aromatic N) is 1. The standard InChI is InChI=1S/C16H26FN3O/c1-3-8-21-16-10-15(14(18)9-13(16)17)19-11-12-6-4-5-7-20(12)2/h9-10,12,19H,3-8,11,18H2,1-2H3. The molecule has 4 nitrogen and oxygen atoms in total. The highest BCUT2D eigenvalue weighted by atomic mass is 19.1. The fourth-order valence-corrected chi connectivity index (χ4v) is 2.67. The van der Waals surface area contributed by atoms with Crippen LogP contribution in [0.25, 0.3) is 0 Å². The molecule has 2 rings (SSSR count). The summed E-state index contributed by atoms with van der Waals surface area (Å²) >= 11 is 0. The molecule has 0 aliphatic carbocycles. The van der Waals surface area contributed by atoms with Crippen molar-refractivity contribution in [2.45, 2.75) is 38.6 Å². The second-order valence-electron chi connectivity index (χ2n) is 5.73. The highest BCUT2D eigenvalue weighted by Crippen LogP contribution is 2.29. The minimum absolute atomic E-state index is 0.269. The third-order valence-electron chi connectivity index (χ3n) is 4.02. The molecule has 1 aliphatic heterocycles. The molecular weight excluding hydrogens is 269 g/mol. The molecular formula is C16H26FN3O. The van der Waals surface area contributed by atoms with Gasteiger partial charge in [-0.25, -0.2) is 4.39 Å². The van der Waals surface area contributed by atoms with E-state index in [0.29, 0.717) is 18.3 Å². The van der Waals surface area contributed by atoms with Gasteiger partial charge in [-0.15, -0.1) is 0 Å². The van der Waals surface area contributed by atoms with Gasteiger partial charge >= 0.3 is 0 Å². The van der Waals surface area contributed by atoms with Crippen LogP contribution in [-0.2, 0) is 0 Å². The summed E-state index contributed by atoms with van der Waals surface area (Å²) in [5.41, 5.74) is 7.07. The molecule has 1 atom stereocenters. The zero-order valence-electron chi connectivity index (χ0n) is 13.0. The fraction of sp³-hybridized carbons (Fsp3) is 0.625. The van der Waals surface area contributed by atoms with E-state index in [1.54, 1.807) is 6.07 Å². The average molecular weight is 295 g/mol. The topological polar surface area (TPSA) is 50.5 Å². The summed E-state index contributed by atoms with van der Waals surface area (Å²) < 4.78 is 19.2. The first-order chi connectivity index (χ1) is 10.1. The molecule has 3 N–H and O–H groups in total. The van der Waals surface area contributed by atoms with Crippen molar-refractivity contribution < 1.29 is 9.13 Å². The number of hydrogen-bond acceptors (Lipinski definition) is 4. The van der Waals surface area contributed by atoms with Crippen LogP contribution < -0.4 is 15.8 Å². The molecule has 0 bridgehead atoms. The number of halogens is 1. The molecule has 0 amide bonds. The van der Waals surface area contributed by atoms with Crippen LogP contribution in [0.5, 0.6) is 5.75 Å². The van der Waals surface area contributed by atoms with Crippen molar-refractivity contribution >= 4 is 11.4 Å². The fourth-order valence-electron chi connectivity index (χ4n) is 2.67. The van der Waals surface area contributed by atoms with Crippen LogP contribution in [0.15, 0.2) is 12.1 Å². The Hall–Kier alpha value is -1.49. The number of likely N-dealkylation sites (N-methyl/N-ethyl adjacent to an activating group) is 1. The Morgan fingerprint density at radius 3 is 2.95 bits per heavy atom. The highest BCUT2D eigenvalue weighted by Gasteiger charge is 2.19. The Morgan fingerprint density at radius 1 is 1.43 bits per heavy atom. The lowest BCUT2D eigenvalue weighted by Crippen LogP contribution is -2.40. The van der Waals surface area contributed by atoms with Crippen molar-refractivity contribution in [2.75, 3.05) is 37.8 Å². The van der Waals surface area contributed by atoms with E-state index < -0.39 is 5.82 Å². The SMILES string of the molecule is CCCOc1cc(NCC2CCCCN2C)c(N)cc1F. The number of nitrogens with one attached hydrogen (secondary N) is 1. The van der Waals surface area contributed by atoms with Crippen molar-refractivity contribution in [3.8, 4) is 5.75 Å². The lowest BCUT2D eigenvalue weighted by Gasteiger charge is -2.32. The maximum absolute atomic E-state index is 13.8. The normalized spacial score (nSPS) is 19.5. The number of ether oxygens (including phenoxy) is 1. The maximum Gasteiger partial charge on any atom is 0.167 e. The molecule has 0 aromatic heterocycles. The van der Waals surface area contributed by atoms with Gasteiger partial charge in [-0.2, -0.15) is 0 Å². The Bertz CT molecular complexity index is 467. The molecule has 5 heteroatoms. The molecule has 0 spiro atoms. The summed E-state index contributed by atoms with van der Waals surface area (Å²) in [7, 11) is 2.15. The van der Waals surface area contributed by atoms with Gasteiger partial charge in [-0.05, 0) is 32.9 Å². The van der Waals surface area contributed by atoms with Crippen molar-refractivity contribution in [2.24, 2.45) is 0 Å². The number of benzene rings is 1. The van der Waals surface area contributed by atoms with E-state index in [1.807, 2.05) is 6.92 Å². The molecule has 118 valence electrons. The first-order valence-corrected chi connectivity index (χ1v) is 7.77. The van der Waals surface area contributed by atoms with Gasteiger partial charge in [0.15, 0.2) is 11.6 Å². The quantitative estimate of drug-likeness (QED) is 0.792. The Kier molecular flexibility index (Phi) is 5.67. The number of anilines is 2. The first kappa shape index (κ1) is 15.9. The minimum atomic E-state index is -0.402. The molecule has 1 heterocycles. The molecule has 0 saturated carbocycles. The van der Waals surface area contributed by atoms with Crippen LogP contribution in [0.3, 0.4) is 0 Å². The van der Waals surface area contributed by atoms with Crippen LogP contribution in [0.1, 0.15) is 32.6 Å². The lowest BCUT2D eigenvalue weighted by molar-refractivity contribution is 0.194. The van der Waals surface area contributed by atoms with E-state index in [1.165, 1.54) is 25.3 Å². The smallest absolute Gasteiger partial charge is 0.167 e. The molecule has 1 aromatic rings.